The highest BCUT2D eigenvalue weighted by atomic mass is 16.5. The summed E-state index contributed by atoms with van der Waals surface area (Å²) in [5, 5.41) is 6.45. The molecule has 0 aromatic heterocycles. The van der Waals surface area contributed by atoms with E-state index < -0.39 is 0 Å². The number of hydrogen-bond donors (Lipinski definition) is 2. The molecule has 1 aromatic rings. The number of ether oxygens (including phenoxy) is 1. The molecule has 1 heterocycles. The number of amides is 1. The summed E-state index contributed by atoms with van der Waals surface area (Å²) in [6.07, 6.45) is 3.01. The van der Waals surface area contributed by atoms with E-state index in [2.05, 4.69) is 22.8 Å². The standard InChI is InChI=1S/C16H22N2O2/c1-2-20-14-8-13(9-14)18-16(19)15-7-11-5-3-4-6-12(11)10-17-15/h3-6,13-15,17H,2,7-10H2,1H3,(H,18,19). The first-order valence-corrected chi connectivity index (χ1v) is 7.48. The molecule has 1 aromatic carbocycles. The Hall–Kier alpha value is -1.39. The van der Waals surface area contributed by atoms with Crippen molar-refractivity contribution < 1.29 is 9.53 Å². The molecule has 4 nitrogen and oxygen atoms in total. The molecule has 3 rings (SSSR count). The zero-order chi connectivity index (χ0) is 13.9. The number of carbonyl (C=O) groups is 1. The van der Waals surface area contributed by atoms with Gasteiger partial charge in [-0.1, -0.05) is 24.3 Å². The van der Waals surface area contributed by atoms with Gasteiger partial charge in [-0.15, -0.1) is 0 Å². The van der Waals surface area contributed by atoms with Crippen molar-refractivity contribution in [2.75, 3.05) is 6.61 Å². The van der Waals surface area contributed by atoms with Crippen molar-refractivity contribution in [3.63, 3.8) is 0 Å². The molecule has 1 aliphatic carbocycles. The largest absolute Gasteiger partial charge is 0.378 e. The molecular formula is C16H22N2O2. The van der Waals surface area contributed by atoms with Gasteiger partial charge in [-0.25, -0.2) is 0 Å². The van der Waals surface area contributed by atoms with Gasteiger partial charge in [-0.05, 0) is 37.3 Å². The highest BCUT2D eigenvalue weighted by molar-refractivity contribution is 5.82. The summed E-state index contributed by atoms with van der Waals surface area (Å²) in [5.74, 6) is 0.124. The number of rotatable bonds is 4. The summed E-state index contributed by atoms with van der Waals surface area (Å²) in [6.45, 7) is 3.54. The molecule has 108 valence electrons. The molecule has 1 amide bonds. The van der Waals surface area contributed by atoms with Gasteiger partial charge in [0.2, 0.25) is 5.91 Å². The minimum atomic E-state index is -0.101. The summed E-state index contributed by atoms with van der Waals surface area (Å²) in [7, 11) is 0. The first-order chi connectivity index (χ1) is 9.76. The predicted octanol–water partition coefficient (Wildman–Crippen LogP) is 1.38. The third kappa shape index (κ3) is 2.86. The monoisotopic (exact) mass is 274 g/mol. The molecule has 0 bridgehead atoms. The van der Waals surface area contributed by atoms with E-state index in [0.717, 1.165) is 32.4 Å². The molecule has 1 fully saturated rings. The van der Waals surface area contributed by atoms with Crippen LogP contribution in [0.2, 0.25) is 0 Å². The minimum Gasteiger partial charge on any atom is -0.378 e. The molecule has 2 aliphatic rings. The van der Waals surface area contributed by atoms with Crippen LogP contribution >= 0.6 is 0 Å². The van der Waals surface area contributed by atoms with Gasteiger partial charge in [-0.3, -0.25) is 4.79 Å². The Balaban J connectivity index is 1.50. The smallest absolute Gasteiger partial charge is 0.237 e. The lowest BCUT2D eigenvalue weighted by Gasteiger charge is -2.36. The van der Waals surface area contributed by atoms with Gasteiger partial charge in [0.15, 0.2) is 0 Å². The van der Waals surface area contributed by atoms with Crippen molar-refractivity contribution >= 4 is 5.91 Å². The van der Waals surface area contributed by atoms with E-state index in [1.54, 1.807) is 0 Å². The van der Waals surface area contributed by atoms with Crippen molar-refractivity contribution in [2.45, 2.75) is 50.9 Å². The number of nitrogens with one attached hydrogen (secondary N) is 2. The third-order valence-corrected chi connectivity index (χ3v) is 4.24. The first kappa shape index (κ1) is 13.6. The number of carbonyl (C=O) groups excluding carboxylic acids is 1. The Morgan fingerprint density at radius 1 is 1.35 bits per heavy atom. The van der Waals surface area contributed by atoms with Gasteiger partial charge in [0.25, 0.3) is 0 Å². The van der Waals surface area contributed by atoms with Gasteiger partial charge in [0.1, 0.15) is 0 Å². The molecular weight excluding hydrogens is 252 g/mol. The van der Waals surface area contributed by atoms with E-state index in [0.29, 0.717) is 6.10 Å². The quantitative estimate of drug-likeness (QED) is 0.872. The Labute approximate surface area is 119 Å². The van der Waals surface area contributed by atoms with Crippen LogP contribution in [-0.4, -0.2) is 30.7 Å². The first-order valence-electron chi connectivity index (χ1n) is 7.48. The van der Waals surface area contributed by atoms with Crippen LogP contribution in [0.25, 0.3) is 0 Å². The molecule has 20 heavy (non-hydrogen) atoms. The normalized spacial score (nSPS) is 28.4. The van der Waals surface area contributed by atoms with Crippen molar-refractivity contribution in [1.29, 1.82) is 0 Å². The van der Waals surface area contributed by atoms with Crippen LogP contribution in [-0.2, 0) is 22.5 Å². The maximum Gasteiger partial charge on any atom is 0.237 e. The van der Waals surface area contributed by atoms with Gasteiger partial charge in [-0.2, -0.15) is 0 Å². The van der Waals surface area contributed by atoms with E-state index in [4.69, 9.17) is 4.74 Å². The molecule has 0 radical (unpaired) electrons. The summed E-state index contributed by atoms with van der Waals surface area (Å²) < 4.78 is 5.51. The molecule has 0 spiro atoms. The zero-order valence-electron chi connectivity index (χ0n) is 11.9. The Morgan fingerprint density at radius 3 is 2.85 bits per heavy atom. The molecule has 1 saturated carbocycles. The van der Waals surface area contributed by atoms with E-state index in [-0.39, 0.29) is 18.0 Å². The zero-order valence-corrected chi connectivity index (χ0v) is 11.9. The second kappa shape index (κ2) is 5.94. The van der Waals surface area contributed by atoms with Crippen LogP contribution in [0.3, 0.4) is 0 Å². The Bertz CT molecular complexity index is 483. The van der Waals surface area contributed by atoms with Crippen LogP contribution in [0.4, 0.5) is 0 Å². The summed E-state index contributed by atoms with van der Waals surface area (Å²) in [5.41, 5.74) is 2.59. The molecule has 1 unspecified atom stereocenters. The van der Waals surface area contributed by atoms with E-state index in [9.17, 15) is 4.79 Å². The van der Waals surface area contributed by atoms with Gasteiger partial charge < -0.3 is 15.4 Å². The molecule has 1 aliphatic heterocycles. The second-order valence-electron chi connectivity index (χ2n) is 5.66. The van der Waals surface area contributed by atoms with Crippen LogP contribution < -0.4 is 10.6 Å². The highest BCUT2D eigenvalue weighted by Crippen LogP contribution is 2.24. The van der Waals surface area contributed by atoms with Gasteiger partial charge in [0, 0.05) is 19.2 Å². The van der Waals surface area contributed by atoms with Crippen LogP contribution in [0.15, 0.2) is 24.3 Å². The maximum absolute atomic E-state index is 12.3. The Morgan fingerprint density at radius 2 is 2.10 bits per heavy atom. The average Bonchev–Trinajstić information content (AvgIpc) is 2.44. The SMILES string of the molecule is CCOC1CC(NC(=O)C2Cc3ccccc3CN2)C1. The number of benzene rings is 1. The molecule has 2 N–H and O–H groups in total. The molecule has 0 saturated heterocycles. The van der Waals surface area contributed by atoms with E-state index in [1.807, 2.05) is 19.1 Å². The maximum atomic E-state index is 12.3. The Kier molecular flexibility index (Phi) is 4.03. The minimum absolute atomic E-state index is 0.101. The van der Waals surface area contributed by atoms with E-state index in [1.165, 1.54) is 11.1 Å². The van der Waals surface area contributed by atoms with Crippen molar-refractivity contribution in [3.05, 3.63) is 35.4 Å². The van der Waals surface area contributed by atoms with E-state index >= 15 is 0 Å². The summed E-state index contributed by atoms with van der Waals surface area (Å²) in [4.78, 5) is 12.3. The highest BCUT2D eigenvalue weighted by Gasteiger charge is 2.33. The molecule has 4 heteroatoms. The topological polar surface area (TPSA) is 50.4 Å². The summed E-state index contributed by atoms with van der Waals surface area (Å²) >= 11 is 0. The fraction of sp³-hybridized carbons (Fsp3) is 0.562. The lowest BCUT2D eigenvalue weighted by atomic mass is 9.88. The van der Waals surface area contributed by atoms with Crippen molar-refractivity contribution in [2.24, 2.45) is 0 Å². The van der Waals surface area contributed by atoms with Gasteiger partial charge in [0.05, 0.1) is 12.1 Å². The number of hydrogen-bond acceptors (Lipinski definition) is 3. The van der Waals surface area contributed by atoms with Crippen LogP contribution in [0.5, 0.6) is 0 Å². The third-order valence-electron chi connectivity index (χ3n) is 4.24. The lowest BCUT2D eigenvalue weighted by Crippen LogP contribution is -2.54. The lowest BCUT2D eigenvalue weighted by molar-refractivity contribution is -0.125. The predicted molar refractivity (Wildman–Crippen MR) is 77.4 cm³/mol. The average molecular weight is 274 g/mol. The van der Waals surface area contributed by atoms with Crippen LogP contribution in [0.1, 0.15) is 30.9 Å². The van der Waals surface area contributed by atoms with Crippen molar-refractivity contribution in [1.82, 2.24) is 10.6 Å². The van der Waals surface area contributed by atoms with Crippen LogP contribution in [0, 0.1) is 0 Å². The fourth-order valence-corrected chi connectivity index (χ4v) is 3.00. The molecule has 1 atom stereocenters. The van der Waals surface area contributed by atoms with Crippen molar-refractivity contribution in [3.8, 4) is 0 Å². The van der Waals surface area contributed by atoms with Gasteiger partial charge >= 0.3 is 0 Å². The number of fused-ring (bicyclic) bond motifs is 1. The second-order valence-corrected chi connectivity index (χ2v) is 5.66. The summed E-state index contributed by atoms with van der Waals surface area (Å²) in [6, 6.07) is 8.51. The fourth-order valence-electron chi connectivity index (χ4n) is 3.00.